The van der Waals surface area contributed by atoms with E-state index in [4.69, 9.17) is 0 Å². The lowest BCUT2D eigenvalue weighted by molar-refractivity contribution is 0.0760. The first kappa shape index (κ1) is 13.2. The van der Waals surface area contributed by atoms with Crippen molar-refractivity contribution in [2.75, 3.05) is 0 Å². The summed E-state index contributed by atoms with van der Waals surface area (Å²) in [6.07, 6.45) is 1.60. The predicted octanol–water partition coefficient (Wildman–Crippen LogP) is 3.45. The van der Waals surface area contributed by atoms with Crippen LogP contribution in [0.4, 0.5) is 4.39 Å². The molecular weight excluding hydrogens is 323 g/mol. The van der Waals surface area contributed by atoms with Crippen molar-refractivity contribution in [1.82, 2.24) is 9.88 Å². The summed E-state index contributed by atoms with van der Waals surface area (Å²) < 4.78 is 14.7. The first-order valence-corrected chi connectivity index (χ1v) is 7.03. The minimum absolute atomic E-state index is 0.137. The summed E-state index contributed by atoms with van der Waals surface area (Å²) in [6, 6.07) is 6.96. The molecule has 0 radical (unpaired) electrons. The smallest absolute Gasteiger partial charge is 0.273 e. The zero-order chi connectivity index (χ0) is 14.3. The molecule has 0 bridgehead atoms. The Balaban J connectivity index is 1.90. The lowest BCUT2D eigenvalue weighted by Gasteiger charge is -2.17. The highest BCUT2D eigenvalue weighted by atomic mass is 79.9. The highest BCUT2D eigenvalue weighted by Gasteiger charge is 2.29. The molecule has 102 valence electrons. The molecule has 1 aromatic carbocycles. The average molecular weight is 335 g/mol. The van der Waals surface area contributed by atoms with Gasteiger partial charge in [0.15, 0.2) is 0 Å². The van der Waals surface area contributed by atoms with Crippen LogP contribution in [0.3, 0.4) is 0 Å². The van der Waals surface area contributed by atoms with Crippen LogP contribution >= 0.6 is 15.9 Å². The molecule has 2 aromatic rings. The number of amides is 1. The molecule has 0 N–H and O–H groups in total. The number of hydrogen-bond acceptors (Lipinski definition) is 2. The molecule has 1 aromatic heterocycles. The van der Waals surface area contributed by atoms with Crippen LogP contribution in [-0.4, -0.2) is 15.8 Å². The van der Waals surface area contributed by atoms with Crippen LogP contribution in [0.1, 0.15) is 27.2 Å². The number of carbonyl (C=O) groups excluding carboxylic acids is 1. The van der Waals surface area contributed by atoms with Crippen LogP contribution in [0.15, 0.2) is 34.9 Å². The SMILES string of the molecule is Cc1cc(Br)cc(F)c1CN1Cc2cccnc2C1=O. The highest BCUT2D eigenvalue weighted by molar-refractivity contribution is 9.10. The maximum Gasteiger partial charge on any atom is 0.273 e. The second kappa shape index (κ2) is 4.98. The first-order valence-electron chi connectivity index (χ1n) is 6.24. The molecule has 2 heterocycles. The number of aromatic nitrogens is 1. The molecule has 0 saturated carbocycles. The fourth-order valence-corrected chi connectivity index (χ4v) is 2.98. The number of pyridine rings is 1. The zero-order valence-electron chi connectivity index (χ0n) is 10.9. The van der Waals surface area contributed by atoms with E-state index in [0.29, 0.717) is 22.3 Å². The van der Waals surface area contributed by atoms with Gasteiger partial charge in [0.05, 0.1) is 0 Å². The third-order valence-electron chi connectivity index (χ3n) is 3.47. The van der Waals surface area contributed by atoms with Crippen LogP contribution in [-0.2, 0) is 13.1 Å². The molecule has 1 aliphatic rings. The van der Waals surface area contributed by atoms with Gasteiger partial charge in [-0.25, -0.2) is 4.39 Å². The number of halogens is 2. The summed E-state index contributed by atoms with van der Waals surface area (Å²) in [5.41, 5.74) is 2.75. The van der Waals surface area contributed by atoms with Gasteiger partial charge in [-0.15, -0.1) is 0 Å². The van der Waals surface area contributed by atoms with Gasteiger partial charge in [0, 0.05) is 34.9 Å². The Morgan fingerprint density at radius 1 is 1.45 bits per heavy atom. The van der Waals surface area contributed by atoms with E-state index in [1.165, 1.54) is 6.07 Å². The van der Waals surface area contributed by atoms with E-state index >= 15 is 0 Å². The number of nitrogens with zero attached hydrogens (tertiary/aromatic N) is 2. The van der Waals surface area contributed by atoms with E-state index in [0.717, 1.165) is 11.1 Å². The Bertz CT molecular complexity index is 679. The van der Waals surface area contributed by atoms with E-state index in [9.17, 15) is 9.18 Å². The summed E-state index contributed by atoms with van der Waals surface area (Å²) in [6.45, 7) is 2.59. The van der Waals surface area contributed by atoms with Crippen molar-refractivity contribution in [1.29, 1.82) is 0 Å². The van der Waals surface area contributed by atoms with Crippen LogP contribution < -0.4 is 0 Å². The van der Waals surface area contributed by atoms with Crippen molar-refractivity contribution in [2.24, 2.45) is 0 Å². The summed E-state index contributed by atoms with van der Waals surface area (Å²) in [5, 5.41) is 0. The second-order valence-electron chi connectivity index (χ2n) is 4.86. The molecular formula is C15H12BrFN2O. The Labute approximate surface area is 124 Å². The standard InChI is InChI=1S/C15H12BrFN2O/c1-9-5-11(16)6-13(17)12(9)8-19-7-10-3-2-4-18-14(10)15(19)20/h2-6H,7-8H2,1H3. The fraction of sp³-hybridized carbons (Fsp3) is 0.200. The van der Waals surface area contributed by atoms with E-state index in [1.54, 1.807) is 17.2 Å². The van der Waals surface area contributed by atoms with Gasteiger partial charge in [0.2, 0.25) is 0 Å². The summed E-state index contributed by atoms with van der Waals surface area (Å²) in [4.78, 5) is 17.9. The minimum Gasteiger partial charge on any atom is -0.328 e. The van der Waals surface area contributed by atoms with Crippen molar-refractivity contribution in [3.8, 4) is 0 Å². The third-order valence-corrected chi connectivity index (χ3v) is 3.93. The highest BCUT2D eigenvalue weighted by Crippen LogP contribution is 2.26. The minimum atomic E-state index is -0.298. The van der Waals surface area contributed by atoms with Gasteiger partial charge in [-0.05, 0) is 30.7 Å². The van der Waals surface area contributed by atoms with E-state index < -0.39 is 0 Å². The van der Waals surface area contributed by atoms with E-state index in [1.807, 2.05) is 19.1 Å². The lowest BCUT2D eigenvalue weighted by atomic mass is 10.1. The third kappa shape index (κ3) is 2.22. The number of aryl methyl sites for hydroxylation is 1. The number of fused-ring (bicyclic) bond motifs is 1. The molecule has 3 nitrogen and oxygen atoms in total. The monoisotopic (exact) mass is 334 g/mol. The fourth-order valence-electron chi connectivity index (χ4n) is 2.44. The molecule has 20 heavy (non-hydrogen) atoms. The molecule has 0 aliphatic carbocycles. The van der Waals surface area contributed by atoms with Gasteiger partial charge < -0.3 is 4.90 Å². The van der Waals surface area contributed by atoms with Gasteiger partial charge in [-0.2, -0.15) is 0 Å². The number of hydrogen-bond donors (Lipinski definition) is 0. The van der Waals surface area contributed by atoms with Gasteiger partial charge in [0.25, 0.3) is 5.91 Å². The van der Waals surface area contributed by atoms with Crippen molar-refractivity contribution < 1.29 is 9.18 Å². The Hall–Kier alpha value is -1.75. The van der Waals surface area contributed by atoms with Gasteiger partial charge in [0.1, 0.15) is 11.5 Å². The number of rotatable bonds is 2. The van der Waals surface area contributed by atoms with Gasteiger partial charge in [-0.1, -0.05) is 22.0 Å². The van der Waals surface area contributed by atoms with Crippen molar-refractivity contribution in [3.05, 3.63) is 63.1 Å². The topological polar surface area (TPSA) is 33.2 Å². The molecule has 3 rings (SSSR count). The molecule has 0 fully saturated rings. The van der Waals surface area contributed by atoms with Crippen LogP contribution in [0.5, 0.6) is 0 Å². The summed E-state index contributed by atoms with van der Waals surface area (Å²) >= 11 is 3.26. The quantitative estimate of drug-likeness (QED) is 0.842. The van der Waals surface area contributed by atoms with Crippen molar-refractivity contribution >= 4 is 21.8 Å². The molecule has 0 spiro atoms. The number of carbonyl (C=O) groups is 1. The first-order chi connectivity index (χ1) is 9.56. The molecule has 0 unspecified atom stereocenters. The maximum atomic E-state index is 14.0. The molecule has 0 atom stereocenters. The summed E-state index contributed by atoms with van der Waals surface area (Å²) in [5.74, 6) is -0.434. The Kier molecular flexibility index (Phi) is 3.30. The van der Waals surface area contributed by atoms with Gasteiger partial charge >= 0.3 is 0 Å². The van der Waals surface area contributed by atoms with Crippen molar-refractivity contribution in [2.45, 2.75) is 20.0 Å². The van der Waals surface area contributed by atoms with E-state index in [2.05, 4.69) is 20.9 Å². The lowest BCUT2D eigenvalue weighted by Crippen LogP contribution is -2.24. The van der Waals surface area contributed by atoms with Crippen LogP contribution in [0.25, 0.3) is 0 Å². The largest absolute Gasteiger partial charge is 0.328 e. The van der Waals surface area contributed by atoms with Crippen LogP contribution in [0, 0.1) is 12.7 Å². The molecule has 0 saturated heterocycles. The molecule has 1 aliphatic heterocycles. The van der Waals surface area contributed by atoms with Crippen LogP contribution in [0.2, 0.25) is 0 Å². The molecule has 1 amide bonds. The molecule has 5 heteroatoms. The second-order valence-corrected chi connectivity index (χ2v) is 5.77. The Morgan fingerprint density at radius 2 is 2.25 bits per heavy atom. The summed E-state index contributed by atoms with van der Waals surface area (Å²) in [7, 11) is 0. The van der Waals surface area contributed by atoms with E-state index in [-0.39, 0.29) is 18.3 Å². The number of benzene rings is 1. The van der Waals surface area contributed by atoms with Gasteiger partial charge in [-0.3, -0.25) is 9.78 Å². The van der Waals surface area contributed by atoms with Crippen molar-refractivity contribution in [3.63, 3.8) is 0 Å². The zero-order valence-corrected chi connectivity index (χ0v) is 12.4. The predicted molar refractivity (Wildman–Crippen MR) is 76.7 cm³/mol. The Morgan fingerprint density at radius 3 is 2.95 bits per heavy atom. The normalized spacial score (nSPS) is 13.8. The maximum absolute atomic E-state index is 14.0. The average Bonchev–Trinajstić information content (AvgIpc) is 2.71.